The third kappa shape index (κ3) is 4.18. The summed E-state index contributed by atoms with van der Waals surface area (Å²) in [6.45, 7) is 2.11. The van der Waals surface area contributed by atoms with Gasteiger partial charge in [0.1, 0.15) is 0 Å². The SMILES string of the molecule is CCc1ccc(NC(=S)N([C@H]2CCS(=O)(=O)C2)N(C)C)cc1. The molecule has 1 aromatic rings. The van der Waals surface area contributed by atoms with Crippen LogP contribution in [-0.2, 0) is 16.3 Å². The predicted octanol–water partition coefficient (Wildman–Crippen LogP) is 1.91. The van der Waals surface area contributed by atoms with Gasteiger partial charge in [-0.15, -0.1) is 0 Å². The van der Waals surface area contributed by atoms with Crippen molar-refractivity contribution in [3.63, 3.8) is 0 Å². The molecule has 22 heavy (non-hydrogen) atoms. The smallest absolute Gasteiger partial charge is 0.188 e. The molecule has 1 aromatic carbocycles. The van der Waals surface area contributed by atoms with Crippen LogP contribution in [0.2, 0.25) is 0 Å². The Morgan fingerprint density at radius 2 is 1.95 bits per heavy atom. The molecule has 1 atom stereocenters. The zero-order valence-corrected chi connectivity index (χ0v) is 14.9. The molecule has 0 saturated carbocycles. The number of benzene rings is 1. The topological polar surface area (TPSA) is 52.7 Å². The highest BCUT2D eigenvalue weighted by Crippen LogP contribution is 2.20. The minimum Gasteiger partial charge on any atom is -0.332 e. The van der Waals surface area contributed by atoms with E-state index in [-0.39, 0.29) is 17.5 Å². The van der Waals surface area contributed by atoms with E-state index in [4.69, 9.17) is 12.2 Å². The lowest BCUT2D eigenvalue weighted by atomic mass is 10.1. The van der Waals surface area contributed by atoms with Crippen LogP contribution in [0.5, 0.6) is 0 Å². The number of hydrazine groups is 1. The van der Waals surface area contributed by atoms with Gasteiger partial charge in [0, 0.05) is 19.8 Å². The van der Waals surface area contributed by atoms with Crippen LogP contribution in [0.3, 0.4) is 0 Å². The largest absolute Gasteiger partial charge is 0.332 e. The van der Waals surface area contributed by atoms with Crippen molar-refractivity contribution in [1.82, 2.24) is 10.0 Å². The van der Waals surface area contributed by atoms with E-state index in [0.717, 1.165) is 12.1 Å². The zero-order chi connectivity index (χ0) is 16.3. The molecule has 0 amide bonds. The van der Waals surface area contributed by atoms with E-state index in [2.05, 4.69) is 24.4 Å². The average Bonchev–Trinajstić information content (AvgIpc) is 2.79. The molecule has 5 nitrogen and oxygen atoms in total. The fourth-order valence-corrected chi connectivity index (χ4v) is 4.77. The van der Waals surface area contributed by atoms with E-state index in [1.807, 2.05) is 36.2 Å². The van der Waals surface area contributed by atoms with Crippen molar-refractivity contribution in [1.29, 1.82) is 0 Å². The molecule has 1 N–H and O–H groups in total. The molecule has 122 valence electrons. The van der Waals surface area contributed by atoms with Crippen LogP contribution in [0, 0.1) is 0 Å². The summed E-state index contributed by atoms with van der Waals surface area (Å²) >= 11 is 5.48. The van der Waals surface area contributed by atoms with Crippen molar-refractivity contribution in [2.24, 2.45) is 0 Å². The van der Waals surface area contributed by atoms with Crippen molar-refractivity contribution < 1.29 is 8.42 Å². The molecule has 1 fully saturated rings. The number of nitrogens with one attached hydrogen (secondary N) is 1. The molecule has 1 heterocycles. The van der Waals surface area contributed by atoms with Crippen molar-refractivity contribution in [3.05, 3.63) is 29.8 Å². The van der Waals surface area contributed by atoms with Crippen molar-refractivity contribution in [3.8, 4) is 0 Å². The van der Waals surface area contributed by atoms with Gasteiger partial charge in [-0.2, -0.15) is 0 Å². The maximum Gasteiger partial charge on any atom is 0.188 e. The molecule has 0 aliphatic carbocycles. The summed E-state index contributed by atoms with van der Waals surface area (Å²) in [6.07, 6.45) is 1.60. The lowest BCUT2D eigenvalue weighted by Crippen LogP contribution is -2.51. The summed E-state index contributed by atoms with van der Waals surface area (Å²) in [5.41, 5.74) is 2.18. The molecule has 1 aliphatic heterocycles. The normalized spacial score (nSPS) is 20.1. The number of sulfone groups is 1. The summed E-state index contributed by atoms with van der Waals surface area (Å²) in [5.74, 6) is 0.386. The number of anilines is 1. The Morgan fingerprint density at radius 3 is 2.41 bits per heavy atom. The first kappa shape index (κ1) is 17.2. The second-order valence-corrected chi connectivity index (χ2v) is 8.34. The van der Waals surface area contributed by atoms with Gasteiger partial charge >= 0.3 is 0 Å². The van der Waals surface area contributed by atoms with Gasteiger partial charge in [0.25, 0.3) is 0 Å². The maximum absolute atomic E-state index is 11.7. The molecular weight excluding hydrogens is 318 g/mol. The lowest BCUT2D eigenvalue weighted by Gasteiger charge is -2.36. The first-order chi connectivity index (χ1) is 10.3. The van der Waals surface area contributed by atoms with Crippen LogP contribution in [0.15, 0.2) is 24.3 Å². The molecule has 0 radical (unpaired) electrons. The van der Waals surface area contributed by atoms with Crippen molar-refractivity contribution in [2.75, 3.05) is 30.9 Å². The van der Waals surface area contributed by atoms with Gasteiger partial charge in [-0.05, 0) is 42.8 Å². The number of nitrogens with zero attached hydrogens (tertiary/aromatic N) is 2. The van der Waals surface area contributed by atoms with Crippen LogP contribution in [0.25, 0.3) is 0 Å². The Morgan fingerprint density at radius 1 is 1.32 bits per heavy atom. The summed E-state index contributed by atoms with van der Waals surface area (Å²) in [4.78, 5) is 0. The Hall–Kier alpha value is -1.18. The van der Waals surface area contributed by atoms with Crippen LogP contribution < -0.4 is 5.32 Å². The Bertz CT molecular complexity index is 627. The maximum atomic E-state index is 11.7. The Kier molecular flexibility index (Phi) is 5.41. The third-order valence-electron chi connectivity index (χ3n) is 3.81. The second-order valence-electron chi connectivity index (χ2n) is 5.73. The number of hydrogen-bond donors (Lipinski definition) is 1. The molecule has 0 aromatic heterocycles. The minimum atomic E-state index is -2.95. The van der Waals surface area contributed by atoms with Crippen LogP contribution in [-0.4, -0.2) is 55.2 Å². The molecule has 0 unspecified atom stereocenters. The van der Waals surface area contributed by atoms with Gasteiger partial charge in [0.15, 0.2) is 14.9 Å². The third-order valence-corrected chi connectivity index (χ3v) is 5.85. The highest BCUT2D eigenvalue weighted by atomic mass is 32.2. The molecule has 2 rings (SSSR count). The van der Waals surface area contributed by atoms with Crippen molar-refractivity contribution in [2.45, 2.75) is 25.8 Å². The first-order valence-corrected chi connectivity index (χ1v) is 9.62. The van der Waals surface area contributed by atoms with Gasteiger partial charge < -0.3 is 5.32 Å². The fraction of sp³-hybridized carbons (Fsp3) is 0.533. The van der Waals surface area contributed by atoms with Crippen LogP contribution in [0.1, 0.15) is 18.9 Å². The molecule has 0 bridgehead atoms. The van der Waals surface area contributed by atoms with Gasteiger partial charge in [0.2, 0.25) is 0 Å². The van der Waals surface area contributed by atoms with Crippen LogP contribution >= 0.6 is 12.2 Å². The van der Waals surface area contributed by atoms with E-state index in [0.29, 0.717) is 11.5 Å². The summed E-state index contributed by atoms with van der Waals surface area (Å²) < 4.78 is 23.4. The Balaban J connectivity index is 2.09. The summed E-state index contributed by atoms with van der Waals surface area (Å²) in [6, 6.07) is 8.00. The van der Waals surface area contributed by atoms with E-state index in [1.54, 1.807) is 0 Å². The van der Waals surface area contributed by atoms with Gasteiger partial charge in [0.05, 0.1) is 17.5 Å². The predicted molar refractivity (Wildman–Crippen MR) is 94.6 cm³/mol. The average molecular weight is 342 g/mol. The molecule has 7 heteroatoms. The highest BCUT2D eigenvalue weighted by Gasteiger charge is 2.34. The van der Waals surface area contributed by atoms with E-state index in [1.165, 1.54) is 5.56 Å². The molecular formula is C15H23N3O2S2. The molecule has 1 saturated heterocycles. The van der Waals surface area contributed by atoms with Gasteiger partial charge in [-0.25, -0.2) is 13.4 Å². The minimum absolute atomic E-state index is 0.102. The molecule has 0 spiro atoms. The Labute approximate surface area is 138 Å². The van der Waals surface area contributed by atoms with Gasteiger partial charge in [-0.3, -0.25) is 5.01 Å². The number of aryl methyl sites for hydroxylation is 1. The zero-order valence-electron chi connectivity index (χ0n) is 13.2. The second kappa shape index (κ2) is 6.93. The van der Waals surface area contributed by atoms with E-state index < -0.39 is 9.84 Å². The van der Waals surface area contributed by atoms with E-state index in [9.17, 15) is 8.42 Å². The molecule has 1 aliphatic rings. The number of rotatable bonds is 4. The number of hydrogen-bond acceptors (Lipinski definition) is 4. The van der Waals surface area contributed by atoms with Crippen LogP contribution in [0.4, 0.5) is 5.69 Å². The number of thiocarbonyl (C=S) groups is 1. The fourth-order valence-electron chi connectivity index (χ4n) is 2.65. The summed E-state index contributed by atoms with van der Waals surface area (Å²) in [7, 11) is 0.803. The first-order valence-electron chi connectivity index (χ1n) is 7.39. The van der Waals surface area contributed by atoms with Crippen molar-refractivity contribution >= 4 is 32.9 Å². The van der Waals surface area contributed by atoms with Gasteiger partial charge in [-0.1, -0.05) is 19.1 Å². The highest BCUT2D eigenvalue weighted by molar-refractivity contribution is 7.91. The summed E-state index contributed by atoms with van der Waals surface area (Å²) in [5, 5.41) is 7.43. The monoisotopic (exact) mass is 341 g/mol. The standard InChI is InChI=1S/C15H23N3O2S2/c1-4-12-5-7-13(8-6-12)16-15(21)18(17(2)3)14-9-10-22(19,20)11-14/h5-8,14H,4,9-11H2,1-3H3,(H,16,21)/t14-/m0/s1. The lowest BCUT2D eigenvalue weighted by molar-refractivity contribution is 0.0757. The quantitative estimate of drug-likeness (QED) is 0.667. The van der Waals surface area contributed by atoms with E-state index >= 15 is 0 Å².